The fraction of sp³-hybridized carbons (Fsp3) is 0.333. The van der Waals surface area contributed by atoms with Crippen molar-refractivity contribution in [2.24, 2.45) is 17.3 Å². The molecule has 6 nitrogen and oxygen atoms in total. The Morgan fingerprint density at radius 2 is 1.36 bits per heavy atom. The minimum absolute atomic E-state index is 0.0483. The van der Waals surface area contributed by atoms with Crippen molar-refractivity contribution in [2.45, 2.75) is 53.9 Å². The Hall–Kier alpha value is -4.06. The summed E-state index contributed by atoms with van der Waals surface area (Å²) in [5.41, 5.74) is 2.13. The summed E-state index contributed by atoms with van der Waals surface area (Å²) in [4.78, 5) is 52.5. The van der Waals surface area contributed by atoms with E-state index >= 15 is 0 Å². The molecule has 0 heterocycles. The zero-order valence-corrected chi connectivity index (χ0v) is 23.3. The number of nitrogens with one attached hydrogen (secondary N) is 2. The molecule has 0 spiro atoms. The quantitative estimate of drug-likeness (QED) is 0.243. The molecule has 3 aromatic carbocycles. The molecule has 0 radical (unpaired) electrons. The van der Waals surface area contributed by atoms with Gasteiger partial charge in [-0.15, -0.1) is 0 Å². The molecule has 0 aromatic heterocycles. The first kappa shape index (κ1) is 28.0. The molecule has 0 bridgehead atoms. The Morgan fingerprint density at radius 3 is 2.00 bits per heavy atom. The van der Waals surface area contributed by atoms with Crippen molar-refractivity contribution in [1.29, 1.82) is 0 Å². The second-order valence-corrected chi connectivity index (χ2v) is 10.9. The Labute approximate surface area is 230 Å². The molecule has 3 aromatic rings. The SMILES string of the molecule is CCC(C)CC(C)(C(=O)Nc1cccc(C(=O)Nc2ccc3c(c2)C(=O)c2ccccc2C3=O)c1)C(C)CC. The molecule has 0 aliphatic heterocycles. The third-order valence-corrected chi connectivity index (χ3v) is 8.25. The van der Waals surface area contributed by atoms with E-state index in [1.54, 1.807) is 66.7 Å². The molecule has 0 saturated carbocycles. The lowest BCUT2D eigenvalue weighted by molar-refractivity contribution is -0.128. The molecule has 1 aliphatic rings. The first-order valence-corrected chi connectivity index (χ1v) is 13.6. The molecule has 202 valence electrons. The first-order valence-electron chi connectivity index (χ1n) is 13.6. The second kappa shape index (κ2) is 11.4. The van der Waals surface area contributed by atoms with E-state index in [9.17, 15) is 19.2 Å². The molecule has 1 aliphatic carbocycles. The van der Waals surface area contributed by atoms with Crippen LogP contribution in [0.2, 0.25) is 0 Å². The van der Waals surface area contributed by atoms with Gasteiger partial charge in [0.15, 0.2) is 11.6 Å². The van der Waals surface area contributed by atoms with E-state index in [1.807, 2.05) is 6.92 Å². The van der Waals surface area contributed by atoms with Gasteiger partial charge in [0.2, 0.25) is 5.91 Å². The largest absolute Gasteiger partial charge is 0.326 e. The van der Waals surface area contributed by atoms with Crippen LogP contribution in [-0.2, 0) is 4.79 Å². The molecule has 39 heavy (non-hydrogen) atoms. The molecule has 0 saturated heterocycles. The monoisotopic (exact) mass is 524 g/mol. The van der Waals surface area contributed by atoms with Crippen LogP contribution in [-0.4, -0.2) is 23.4 Å². The van der Waals surface area contributed by atoms with Gasteiger partial charge in [-0.3, -0.25) is 19.2 Å². The van der Waals surface area contributed by atoms with Crippen LogP contribution in [0.15, 0.2) is 66.7 Å². The molecule has 2 N–H and O–H groups in total. The van der Waals surface area contributed by atoms with Gasteiger partial charge < -0.3 is 10.6 Å². The van der Waals surface area contributed by atoms with Gasteiger partial charge in [-0.1, -0.05) is 77.8 Å². The average molecular weight is 525 g/mol. The van der Waals surface area contributed by atoms with Crippen molar-refractivity contribution in [3.63, 3.8) is 0 Å². The molecule has 2 amide bonds. The van der Waals surface area contributed by atoms with Crippen LogP contribution in [0.1, 0.15) is 96.1 Å². The van der Waals surface area contributed by atoms with E-state index in [0.717, 1.165) is 19.3 Å². The topological polar surface area (TPSA) is 92.3 Å². The fourth-order valence-electron chi connectivity index (χ4n) is 5.23. The van der Waals surface area contributed by atoms with Gasteiger partial charge in [0.1, 0.15) is 0 Å². The number of hydrogen-bond acceptors (Lipinski definition) is 4. The van der Waals surface area contributed by atoms with Crippen LogP contribution in [0.5, 0.6) is 0 Å². The minimum atomic E-state index is -0.534. The fourth-order valence-corrected chi connectivity index (χ4v) is 5.23. The van der Waals surface area contributed by atoms with Crippen molar-refractivity contribution < 1.29 is 19.2 Å². The third-order valence-electron chi connectivity index (χ3n) is 8.25. The van der Waals surface area contributed by atoms with Gasteiger partial charge >= 0.3 is 0 Å². The van der Waals surface area contributed by atoms with Crippen molar-refractivity contribution >= 4 is 34.8 Å². The van der Waals surface area contributed by atoms with Crippen LogP contribution >= 0.6 is 0 Å². The van der Waals surface area contributed by atoms with Gasteiger partial charge in [-0.2, -0.15) is 0 Å². The summed E-state index contributed by atoms with van der Waals surface area (Å²) in [6, 6.07) is 18.3. The summed E-state index contributed by atoms with van der Waals surface area (Å²) in [6.07, 6.45) is 2.68. The summed E-state index contributed by atoms with van der Waals surface area (Å²) in [5, 5.41) is 5.87. The Kier molecular flexibility index (Phi) is 8.14. The number of rotatable bonds is 9. The molecule has 6 heteroatoms. The summed E-state index contributed by atoms with van der Waals surface area (Å²) in [6.45, 7) is 10.5. The number of carbonyl (C=O) groups is 4. The van der Waals surface area contributed by atoms with Gasteiger partial charge in [-0.05, 0) is 54.7 Å². The minimum Gasteiger partial charge on any atom is -0.326 e. The van der Waals surface area contributed by atoms with Gasteiger partial charge in [0, 0.05) is 44.6 Å². The summed E-state index contributed by atoms with van der Waals surface area (Å²) in [5.74, 6) is -0.275. The lowest BCUT2D eigenvalue weighted by atomic mass is 9.70. The average Bonchev–Trinajstić information content (AvgIpc) is 2.95. The first-order chi connectivity index (χ1) is 18.6. The predicted molar refractivity (Wildman–Crippen MR) is 154 cm³/mol. The maximum Gasteiger partial charge on any atom is 0.255 e. The number of amides is 2. The molecule has 4 rings (SSSR count). The number of benzene rings is 3. The molecule has 3 atom stereocenters. The lowest BCUT2D eigenvalue weighted by Gasteiger charge is -2.36. The molecular weight excluding hydrogens is 488 g/mol. The van der Waals surface area contributed by atoms with Crippen molar-refractivity contribution in [3.8, 4) is 0 Å². The van der Waals surface area contributed by atoms with E-state index in [4.69, 9.17) is 0 Å². The van der Waals surface area contributed by atoms with Crippen LogP contribution in [0.4, 0.5) is 11.4 Å². The Bertz CT molecular complexity index is 1440. The lowest BCUT2D eigenvalue weighted by Crippen LogP contribution is -2.40. The van der Waals surface area contributed by atoms with Crippen LogP contribution in [0.25, 0.3) is 0 Å². The van der Waals surface area contributed by atoms with Gasteiger partial charge in [0.05, 0.1) is 0 Å². The van der Waals surface area contributed by atoms with E-state index in [0.29, 0.717) is 39.5 Å². The summed E-state index contributed by atoms with van der Waals surface area (Å²) >= 11 is 0. The Morgan fingerprint density at radius 1 is 0.744 bits per heavy atom. The van der Waals surface area contributed by atoms with E-state index < -0.39 is 5.41 Å². The van der Waals surface area contributed by atoms with E-state index in [1.165, 1.54) is 0 Å². The highest BCUT2D eigenvalue weighted by molar-refractivity contribution is 6.28. The zero-order chi connectivity index (χ0) is 28.3. The van der Waals surface area contributed by atoms with Crippen molar-refractivity contribution in [3.05, 3.63) is 94.5 Å². The summed E-state index contributed by atoms with van der Waals surface area (Å²) in [7, 11) is 0. The molecule has 0 fully saturated rings. The standard InChI is InChI=1S/C33H36N2O4/c1-6-20(3)19-33(5,21(4)7-2)32(39)35-23-12-10-11-22(17-23)31(38)34-24-15-16-27-28(18-24)30(37)26-14-9-8-13-25(26)29(27)36/h8-18,20-21H,6-7,19H2,1-5H3,(H,34,38)(H,35,39). The van der Waals surface area contributed by atoms with Crippen LogP contribution in [0, 0.1) is 17.3 Å². The van der Waals surface area contributed by atoms with Gasteiger partial charge in [-0.25, -0.2) is 0 Å². The number of carbonyl (C=O) groups excluding carboxylic acids is 4. The van der Waals surface area contributed by atoms with Crippen molar-refractivity contribution in [2.75, 3.05) is 10.6 Å². The van der Waals surface area contributed by atoms with Gasteiger partial charge in [0.25, 0.3) is 5.91 Å². The highest BCUT2D eigenvalue weighted by atomic mass is 16.2. The maximum atomic E-state index is 13.5. The number of hydrogen-bond donors (Lipinski definition) is 2. The third kappa shape index (κ3) is 5.56. The normalized spacial score (nSPS) is 15.4. The predicted octanol–water partition coefficient (Wildman–Crippen LogP) is 7.14. The highest BCUT2D eigenvalue weighted by Crippen LogP contribution is 2.38. The maximum absolute atomic E-state index is 13.5. The Balaban J connectivity index is 1.52. The number of fused-ring (bicyclic) bond motifs is 2. The highest BCUT2D eigenvalue weighted by Gasteiger charge is 2.39. The van der Waals surface area contributed by atoms with E-state index in [-0.39, 0.29) is 34.9 Å². The second-order valence-electron chi connectivity index (χ2n) is 10.9. The molecule has 3 unspecified atom stereocenters. The molecular formula is C33H36N2O4. The van der Waals surface area contributed by atoms with Crippen LogP contribution < -0.4 is 10.6 Å². The van der Waals surface area contributed by atoms with Crippen LogP contribution in [0.3, 0.4) is 0 Å². The van der Waals surface area contributed by atoms with Crippen molar-refractivity contribution in [1.82, 2.24) is 0 Å². The number of ketones is 2. The smallest absolute Gasteiger partial charge is 0.255 e. The number of anilines is 2. The van der Waals surface area contributed by atoms with E-state index in [2.05, 4.69) is 38.3 Å². The zero-order valence-electron chi connectivity index (χ0n) is 23.3. The summed E-state index contributed by atoms with van der Waals surface area (Å²) < 4.78 is 0.